The number of nitrogens with zero attached hydrogens (tertiary/aromatic N) is 1. The predicted octanol–water partition coefficient (Wildman–Crippen LogP) is 4.98. The fourth-order valence-electron chi connectivity index (χ4n) is 3.30. The van der Waals surface area contributed by atoms with E-state index in [1.54, 1.807) is 42.5 Å². The van der Waals surface area contributed by atoms with Gasteiger partial charge in [0.05, 0.1) is 11.2 Å². The third-order valence-electron chi connectivity index (χ3n) is 4.82. The van der Waals surface area contributed by atoms with Crippen LogP contribution >= 0.6 is 11.6 Å². The van der Waals surface area contributed by atoms with E-state index in [1.807, 2.05) is 37.3 Å². The zero-order chi connectivity index (χ0) is 22.7. The first-order valence-corrected chi connectivity index (χ1v) is 10.3. The number of carbonyl (C=O) groups is 2. The molecule has 0 fully saturated rings. The first kappa shape index (κ1) is 21.3. The maximum absolute atomic E-state index is 12.6. The van der Waals surface area contributed by atoms with E-state index in [0.29, 0.717) is 38.6 Å². The molecule has 4 rings (SSSR count). The lowest BCUT2D eigenvalue weighted by Crippen LogP contribution is -2.20. The lowest BCUT2D eigenvalue weighted by molar-refractivity contribution is -0.119. The van der Waals surface area contributed by atoms with Crippen LogP contribution in [0.2, 0.25) is 5.02 Å². The van der Waals surface area contributed by atoms with Crippen LogP contribution in [0.1, 0.15) is 15.9 Å². The highest BCUT2D eigenvalue weighted by molar-refractivity contribution is 6.30. The van der Waals surface area contributed by atoms with Gasteiger partial charge in [0.15, 0.2) is 6.61 Å². The number of anilines is 1. The number of halogens is 1. The SMILES string of the molecule is Cc1cccc(C(=O)Nc2ccc3nc(-c4ccc(Cl)cc4)cc(OCC(N)=O)c3c2)c1. The number of hydrogen-bond acceptors (Lipinski definition) is 4. The van der Waals surface area contributed by atoms with Gasteiger partial charge in [0.1, 0.15) is 5.75 Å². The van der Waals surface area contributed by atoms with Gasteiger partial charge >= 0.3 is 0 Å². The predicted molar refractivity (Wildman–Crippen MR) is 126 cm³/mol. The van der Waals surface area contributed by atoms with E-state index in [-0.39, 0.29) is 12.5 Å². The molecule has 0 aliphatic heterocycles. The Kier molecular flexibility index (Phi) is 6.05. The molecule has 160 valence electrons. The second-order valence-corrected chi connectivity index (χ2v) is 7.76. The maximum atomic E-state index is 12.6. The van der Waals surface area contributed by atoms with Crippen LogP contribution in [0.25, 0.3) is 22.2 Å². The Bertz CT molecular complexity index is 1320. The van der Waals surface area contributed by atoms with Gasteiger partial charge in [-0.25, -0.2) is 4.98 Å². The molecule has 3 aromatic carbocycles. The summed E-state index contributed by atoms with van der Waals surface area (Å²) in [6.45, 7) is 1.65. The van der Waals surface area contributed by atoms with Crippen molar-refractivity contribution < 1.29 is 14.3 Å². The summed E-state index contributed by atoms with van der Waals surface area (Å²) in [5, 5.41) is 4.16. The first-order valence-electron chi connectivity index (χ1n) is 9.89. The standard InChI is InChI=1S/C25H20ClN3O3/c1-15-3-2-4-17(11-15)25(31)28-19-9-10-21-20(12-19)23(32-14-24(27)30)13-22(29-21)16-5-7-18(26)8-6-16/h2-13H,14H2,1H3,(H2,27,30)(H,28,31). The molecule has 3 N–H and O–H groups in total. The number of amides is 2. The Morgan fingerprint density at radius 2 is 1.81 bits per heavy atom. The van der Waals surface area contributed by atoms with Crippen molar-refractivity contribution in [1.82, 2.24) is 4.98 Å². The van der Waals surface area contributed by atoms with Crippen molar-refractivity contribution in [1.29, 1.82) is 0 Å². The number of primary amides is 1. The molecule has 0 unspecified atom stereocenters. The summed E-state index contributed by atoms with van der Waals surface area (Å²) in [4.78, 5) is 28.6. The molecule has 0 saturated heterocycles. The van der Waals surface area contributed by atoms with E-state index in [0.717, 1.165) is 11.1 Å². The number of hydrogen-bond donors (Lipinski definition) is 2. The molecule has 6 nitrogen and oxygen atoms in total. The van der Waals surface area contributed by atoms with Gasteiger partial charge in [-0.3, -0.25) is 9.59 Å². The third-order valence-corrected chi connectivity index (χ3v) is 5.07. The van der Waals surface area contributed by atoms with Crippen LogP contribution < -0.4 is 15.8 Å². The van der Waals surface area contributed by atoms with Crippen LogP contribution in [0.5, 0.6) is 5.75 Å². The normalized spacial score (nSPS) is 10.7. The van der Waals surface area contributed by atoms with Crippen molar-refractivity contribution >= 4 is 40.0 Å². The van der Waals surface area contributed by atoms with Crippen LogP contribution in [-0.4, -0.2) is 23.4 Å². The molecule has 4 aromatic rings. The molecule has 1 heterocycles. The maximum Gasteiger partial charge on any atom is 0.255 e. The zero-order valence-corrected chi connectivity index (χ0v) is 18.0. The second kappa shape index (κ2) is 9.08. The van der Waals surface area contributed by atoms with Crippen LogP contribution in [0.4, 0.5) is 5.69 Å². The number of aromatic nitrogens is 1. The summed E-state index contributed by atoms with van der Waals surface area (Å²) in [5.74, 6) is -0.379. The fourth-order valence-corrected chi connectivity index (χ4v) is 3.43. The summed E-state index contributed by atoms with van der Waals surface area (Å²) < 4.78 is 5.67. The van der Waals surface area contributed by atoms with Crippen molar-refractivity contribution in [3.8, 4) is 17.0 Å². The topological polar surface area (TPSA) is 94.3 Å². The minimum absolute atomic E-state index is 0.224. The molecule has 0 spiro atoms. The van der Waals surface area contributed by atoms with Crippen LogP contribution in [0, 0.1) is 6.92 Å². The van der Waals surface area contributed by atoms with E-state index in [2.05, 4.69) is 5.32 Å². The average Bonchev–Trinajstić information content (AvgIpc) is 2.78. The number of aryl methyl sites for hydroxylation is 1. The monoisotopic (exact) mass is 445 g/mol. The van der Waals surface area contributed by atoms with E-state index < -0.39 is 5.91 Å². The highest BCUT2D eigenvalue weighted by atomic mass is 35.5. The van der Waals surface area contributed by atoms with Gasteiger partial charge in [-0.2, -0.15) is 0 Å². The summed E-state index contributed by atoms with van der Waals surface area (Å²) in [6.07, 6.45) is 0. The van der Waals surface area contributed by atoms with Gasteiger partial charge in [0, 0.05) is 33.3 Å². The quantitative estimate of drug-likeness (QED) is 0.437. The highest BCUT2D eigenvalue weighted by Gasteiger charge is 2.13. The molecule has 0 aliphatic rings. The van der Waals surface area contributed by atoms with Crippen molar-refractivity contribution in [2.45, 2.75) is 6.92 Å². The molecular weight excluding hydrogens is 426 g/mol. The molecule has 0 aliphatic carbocycles. The third kappa shape index (κ3) is 4.87. The van der Waals surface area contributed by atoms with E-state index in [4.69, 9.17) is 27.1 Å². The van der Waals surface area contributed by atoms with Crippen LogP contribution in [0.15, 0.2) is 72.8 Å². The number of nitrogens with one attached hydrogen (secondary N) is 1. The van der Waals surface area contributed by atoms with Gasteiger partial charge in [-0.15, -0.1) is 0 Å². The first-order chi connectivity index (χ1) is 15.4. The molecule has 0 radical (unpaired) electrons. The fraction of sp³-hybridized carbons (Fsp3) is 0.0800. The Morgan fingerprint density at radius 3 is 2.53 bits per heavy atom. The Balaban J connectivity index is 1.72. The van der Waals surface area contributed by atoms with Gasteiger partial charge in [-0.1, -0.05) is 41.4 Å². The van der Waals surface area contributed by atoms with E-state index in [1.165, 1.54) is 0 Å². The van der Waals surface area contributed by atoms with Gasteiger partial charge in [-0.05, 0) is 49.4 Å². The van der Waals surface area contributed by atoms with E-state index >= 15 is 0 Å². The summed E-state index contributed by atoms with van der Waals surface area (Å²) >= 11 is 5.99. The highest BCUT2D eigenvalue weighted by Crippen LogP contribution is 2.32. The Labute approximate surface area is 190 Å². The van der Waals surface area contributed by atoms with Crippen molar-refractivity contribution in [3.05, 3.63) is 88.9 Å². The lowest BCUT2D eigenvalue weighted by Gasteiger charge is -2.13. The molecule has 2 amide bonds. The summed E-state index contributed by atoms with van der Waals surface area (Å²) in [5.41, 5.74) is 9.55. The van der Waals surface area contributed by atoms with Crippen molar-refractivity contribution in [2.24, 2.45) is 5.73 Å². The number of ether oxygens (including phenoxy) is 1. The number of rotatable bonds is 6. The van der Waals surface area contributed by atoms with Crippen molar-refractivity contribution in [2.75, 3.05) is 11.9 Å². The second-order valence-electron chi connectivity index (χ2n) is 7.32. The number of carbonyl (C=O) groups excluding carboxylic acids is 2. The van der Waals surface area contributed by atoms with Crippen molar-refractivity contribution in [3.63, 3.8) is 0 Å². The van der Waals surface area contributed by atoms with Gasteiger partial charge in [0.2, 0.25) is 0 Å². The number of pyridine rings is 1. The summed E-state index contributed by atoms with van der Waals surface area (Å²) in [7, 11) is 0. The molecular formula is C25H20ClN3O3. The number of benzene rings is 3. The largest absolute Gasteiger partial charge is 0.483 e. The minimum Gasteiger partial charge on any atom is -0.483 e. The smallest absolute Gasteiger partial charge is 0.255 e. The Hall–Kier alpha value is -3.90. The molecule has 1 aromatic heterocycles. The number of fused-ring (bicyclic) bond motifs is 1. The van der Waals surface area contributed by atoms with Gasteiger partial charge < -0.3 is 15.8 Å². The Morgan fingerprint density at radius 1 is 1.03 bits per heavy atom. The zero-order valence-electron chi connectivity index (χ0n) is 17.3. The molecule has 0 saturated carbocycles. The lowest BCUT2D eigenvalue weighted by atomic mass is 10.1. The minimum atomic E-state index is -0.591. The molecule has 7 heteroatoms. The van der Waals surface area contributed by atoms with Crippen LogP contribution in [0.3, 0.4) is 0 Å². The summed E-state index contributed by atoms with van der Waals surface area (Å²) in [6, 6.07) is 21.6. The van der Waals surface area contributed by atoms with E-state index in [9.17, 15) is 9.59 Å². The molecule has 0 atom stereocenters. The molecule has 32 heavy (non-hydrogen) atoms. The number of nitrogens with two attached hydrogens (primary N) is 1. The van der Waals surface area contributed by atoms with Crippen LogP contribution in [-0.2, 0) is 4.79 Å². The van der Waals surface area contributed by atoms with Gasteiger partial charge in [0.25, 0.3) is 11.8 Å². The average molecular weight is 446 g/mol. The molecule has 0 bridgehead atoms.